The molecule has 3 nitrogen and oxygen atoms in total. The van der Waals surface area contributed by atoms with Crippen LogP contribution in [0, 0.1) is 5.92 Å². The Hall–Kier alpha value is -1.59. The number of alkyl halides is 3. The van der Waals surface area contributed by atoms with Gasteiger partial charge < -0.3 is 4.57 Å². The molecule has 0 aliphatic heterocycles. The van der Waals surface area contributed by atoms with Gasteiger partial charge in [0.15, 0.2) is 5.78 Å². The van der Waals surface area contributed by atoms with Gasteiger partial charge in [0.05, 0.1) is 5.92 Å². The van der Waals surface area contributed by atoms with Gasteiger partial charge in [-0.25, -0.2) is 0 Å². The van der Waals surface area contributed by atoms with Crippen LogP contribution in [0.2, 0.25) is 0 Å². The van der Waals surface area contributed by atoms with Crippen LogP contribution < -0.4 is 5.56 Å². The third kappa shape index (κ3) is 1.99. The van der Waals surface area contributed by atoms with E-state index >= 15 is 0 Å². The molecule has 6 heteroatoms. The maximum atomic E-state index is 12.6. The lowest BCUT2D eigenvalue weighted by Crippen LogP contribution is -2.35. The predicted molar refractivity (Wildman–Crippen MR) is 53.9 cm³/mol. The Morgan fingerprint density at radius 2 is 1.88 bits per heavy atom. The van der Waals surface area contributed by atoms with Crippen molar-refractivity contribution in [3.05, 3.63) is 33.7 Å². The van der Waals surface area contributed by atoms with Crippen molar-refractivity contribution in [2.75, 3.05) is 0 Å². The summed E-state index contributed by atoms with van der Waals surface area (Å²) < 4.78 is 38.9. The maximum absolute atomic E-state index is 12.6. The van der Waals surface area contributed by atoms with Gasteiger partial charge in [0, 0.05) is 37.2 Å². The molecule has 1 aliphatic carbocycles. The molecule has 0 spiro atoms. The molecule has 92 valence electrons. The zero-order valence-electron chi connectivity index (χ0n) is 9.04. The topological polar surface area (TPSA) is 39.1 Å². The zero-order chi connectivity index (χ0) is 12.8. The van der Waals surface area contributed by atoms with Crippen LogP contribution in [0.25, 0.3) is 0 Å². The molecule has 0 amide bonds. The Balaban J connectivity index is 2.52. The van der Waals surface area contributed by atoms with Gasteiger partial charge in [0.2, 0.25) is 5.56 Å². The number of nitrogens with zero attached hydrogens (tertiary/aromatic N) is 1. The van der Waals surface area contributed by atoms with Gasteiger partial charge in [0.25, 0.3) is 0 Å². The average Bonchev–Trinajstić information content (AvgIpc) is 2.22. The van der Waals surface area contributed by atoms with E-state index in [9.17, 15) is 22.8 Å². The summed E-state index contributed by atoms with van der Waals surface area (Å²) >= 11 is 0. The smallest absolute Gasteiger partial charge is 0.315 e. The van der Waals surface area contributed by atoms with E-state index in [-0.39, 0.29) is 17.7 Å². The van der Waals surface area contributed by atoms with Crippen LogP contribution in [-0.4, -0.2) is 16.5 Å². The highest BCUT2D eigenvalue weighted by Gasteiger charge is 2.44. The number of ketones is 1. The molecule has 1 aromatic heterocycles. The second kappa shape index (κ2) is 3.72. The van der Waals surface area contributed by atoms with Gasteiger partial charge in [-0.15, -0.1) is 0 Å². The average molecular weight is 245 g/mol. The van der Waals surface area contributed by atoms with Gasteiger partial charge >= 0.3 is 6.18 Å². The molecule has 1 atom stereocenters. The molecule has 2 rings (SSSR count). The first-order valence-corrected chi connectivity index (χ1v) is 5.09. The van der Waals surface area contributed by atoms with Crippen molar-refractivity contribution >= 4 is 5.78 Å². The van der Waals surface area contributed by atoms with E-state index in [4.69, 9.17) is 0 Å². The number of carbonyl (C=O) groups excluding carboxylic acids is 1. The van der Waals surface area contributed by atoms with Gasteiger partial charge in [-0.2, -0.15) is 13.2 Å². The summed E-state index contributed by atoms with van der Waals surface area (Å²) in [5.41, 5.74) is 0.00282. The quantitative estimate of drug-likeness (QED) is 0.697. The molecule has 0 aromatic carbocycles. The van der Waals surface area contributed by atoms with Crippen LogP contribution >= 0.6 is 0 Å². The van der Waals surface area contributed by atoms with E-state index in [1.165, 1.54) is 19.2 Å². The summed E-state index contributed by atoms with van der Waals surface area (Å²) in [6.45, 7) is 0. The SMILES string of the molecule is Cn1c2c(ccc1=O)C(=O)CC(C(F)(F)F)C2. The lowest BCUT2D eigenvalue weighted by Gasteiger charge is -2.26. The normalized spacial score (nSPS) is 20.2. The van der Waals surface area contributed by atoms with E-state index in [0.717, 1.165) is 4.57 Å². The van der Waals surface area contributed by atoms with E-state index in [0.29, 0.717) is 0 Å². The lowest BCUT2D eigenvalue weighted by molar-refractivity contribution is -0.174. The number of carbonyl (C=O) groups is 1. The number of rotatable bonds is 0. The molecular formula is C11H10F3NO2. The van der Waals surface area contributed by atoms with Crippen molar-refractivity contribution in [3.63, 3.8) is 0 Å². The van der Waals surface area contributed by atoms with E-state index in [1.54, 1.807) is 0 Å². The Morgan fingerprint density at radius 1 is 1.24 bits per heavy atom. The molecule has 1 aliphatic rings. The fourth-order valence-corrected chi connectivity index (χ4v) is 2.05. The number of hydrogen-bond donors (Lipinski definition) is 0. The van der Waals surface area contributed by atoms with Gasteiger partial charge in [-0.05, 0) is 6.07 Å². The Morgan fingerprint density at radius 3 is 2.47 bits per heavy atom. The third-order valence-electron chi connectivity index (χ3n) is 3.07. The minimum Gasteiger partial charge on any atom is -0.315 e. The first kappa shape index (κ1) is 11.9. The number of hydrogen-bond acceptors (Lipinski definition) is 2. The van der Waals surface area contributed by atoms with Gasteiger partial charge in [-0.3, -0.25) is 9.59 Å². The minimum atomic E-state index is -4.40. The van der Waals surface area contributed by atoms with Gasteiger partial charge in [-0.1, -0.05) is 0 Å². The van der Waals surface area contributed by atoms with Crippen molar-refractivity contribution in [2.45, 2.75) is 19.0 Å². The molecule has 1 aromatic rings. The van der Waals surface area contributed by atoms with E-state index in [2.05, 4.69) is 0 Å². The molecule has 0 saturated carbocycles. The molecule has 0 saturated heterocycles. The summed E-state index contributed by atoms with van der Waals surface area (Å²) in [7, 11) is 1.38. The molecular weight excluding hydrogens is 235 g/mol. The van der Waals surface area contributed by atoms with Crippen LogP contribution in [0.3, 0.4) is 0 Å². The summed E-state index contributed by atoms with van der Waals surface area (Å²) in [5.74, 6) is -2.24. The summed E-state index contributed by atoms with van der Waals surface area (Å²) in [4.78, 5) is 22.9. The van der Waals surface area contributed by atoms with E-state index in [1.807, 2.05) is 0 Å². The largest absolute Gasteiger partial charge is 0.392 e. The van der Waals surface area contributed by atoms with Crippen molar-refractivity contribution in [1.29, 1.82) is 0 Å². The predicted octanol–water partition coefficient (Wildman–Crippen LogP) is 1.69. The first-order valence-electron chi connectivity index (χ1n) is 5.09. The van der Waals surface area contributed by atoms with Crippen LogP contribution in [0.15, 0.2) is 16.9 Å². The van der Waals surface area contributed by atoms with Crippen molar-refractivity contribution in [1.82, 2.24) is 4.57 Å². The Kier molecular flexibility index (Phi) is 2.60. The fourth-order valence-electron chi connectivity index (χ4n) is 2.05. The standard InChI is InChI=1S/C11H10F3NO2/c1-15-8-4-6(11(12,13)14)5-9(16)7(8)2-3-10(15)17/h2-3,6H,4-5H2,1H3. The van der Waals surface area contributed by atoms with Crippen molar-refractivity contribution in [2.24, 2.45) is 13.0 Å². The molecule has 17 heavy (non-hydrogen) atoms. The highest BCUT2D eigenvalue weighted by atomic mass is 19.4. The Bertz CT molecular complexity index is 530. The molecule has 1 unspecified atom stereocenters. The summed E-state index contributed by atoms with van der Waals surface area (Å²) in [5, 5.41) is 0. The monoisotopic (exact) mass is 245 g/mol. The molecule has 0 N–H and O–H groups in total. The Labute approximate surface area is 94.9 Å². The minimum absolute atomic E-state index is 0.177. The lowest BCUT2D eigenvalue weighted by atomic mass is 9.85. The number of fused-ring (bicyclic) bond motifs is 1. The number of halogens is 3. The first-order chi connectivity index (χ1) is 7.80. The molecule has 0 bridgehead atoms. The summed E-state index contributed by atoms with van der Waals surface area (Å²) in [6.07, 6.45) is -5.24. The highest BCUT2D eigenvalue weighted by Crippen LogP contribution is 2.36. The molecule has 0 fully saturated rings. The second-order valence-corrected chi connectivity index (χ2v) is 4.16. The third-order valence-corrected chi connectivity index (χ3v) is 3.07. The van der Waals surface area contributed by atoms with Crippen molar-refractivity contribution in [3.8, 4) is 0 Å². The highest BCUT2D eigenvalue weighted by molar-refractivity contribution is 5.98. The number of aromatic nitrogens is 1. The zero-order valence-corrected chi connectivity index (χ0v) is 9.04. The molecule has 0 radical (unpaired) electrons. The molecule has 1 heterocycles. The number of pyridine rings is 1. The van der Waals surface area contributed by atoms with Crippen LogP contribution in [0.5, 0.6) is 0 Å². The second-order valence-electron chi connectivity index (χ2n) is 4.16. The maximum Gasteiger partial charge on any atom is 0.392 e. The summed E-state index contributed by atoms with van der Waals surface area (Å²) in [6, 6.07) is 2.51. The van der Waals surface area contributed by atoms with Gasteiger partial charge in [0.1, 0.15) is 0 Å². The fraction of sp³-hybridized carbons (Fsp3) is 0.455. The van der Waals surface area contributed by atoms with Crippen molar-refractivity contribution < 1.29 is 18.0 Å². The van der Waals surface area contributed by atoms with Crippen LogP contribution in [0.1, 0.15) is 22.5 Å². The van der Waals surface area contributed by atoms with Crippen LogP contribution in [0.4, 0.5) is 13.2 Å². The van der Waals surface area contributed by atoms with E-state index < -0.39 is 29.9 Å². The number of Topliss-reactive ketones (excluding diaryl/α,β-unsaturated/α-hetero) is 1. The van der Waals surface area contributed by atoms with Crippen LogP contribution in [-0.2, 0) is 13.5 Å².